The number of anilines is 1. The maximum atomic E-state index is 14.0. The third-order valence-corrected chi connectivity index (χ3v) is 2.36. The van der Waals surface area contributed by atoms with Crippen LogP contribution in [0.25, 0.3) is 0 Å². The molecule has 0 aliphatic rings. The number of hydrogen-bond donors (Lipinski definition) is 2. The van der Waals surface area contributed by atoms with Gasteiger partial charge < -0.3 is 15.1 Å². The van der Waals surface area contributed by atoms with E-state index in [9.17, 15) is 14.3 Å². The summed E-state index contributed by atoms with van der Waals surface area (Å²) in [5.74, 6) is -2.27. The van der Waals surface area contributed by atoms with Crippen LogP contribution in [0.5, 0.6) is 0 Å². The maximum absolute atomic E-state index is 14.0. The van der Waals surface area contributed by atoms with Gasteiger partial charge in [0.1, 0.15) is 5.56 Å². The van der Waals surface area contributed by atoms with Crippen LogP contribution in [0, 0.1) is 5.82 Å². The molecule has 18 heavy (non-hydrogen) atoms. The highest BCUT2D eigenvalue weighted by atomic mass is 19.1. The molecule has 0 bridgehead atoms. The number of rotatable bonds is 5. The minimum atomic E-state index is -1.34. The molecule has 1 heterocycles. The molecule has 0 fully saturated rings. The van der Waals surface area contributed by atoms with Gasteiger partial charge >= 0.3 is 5.97 Å². The van der Waals surface area contributed by atoms with E-state index < -0.39 is 23.0 Å². The molecule has 6 heteroatoms. The number of carboxylic acid groups (broad SMARTS) is 1. The van der Waals surface area contributed by atoms with E-state index in [4.69, 9.17) is 5.11 Å². The molecule has 0 atom stereocenters. The van der Waals surface area contributed by atoms with Gasteiger partial charge in [0, 0.05) is 19.3 Å². The van der Waals surface area contributed by atoms with Crippen LogP contribution in [-0.4, -0.2) is 39.9 Å². The highest BCUT2D eigenvalue weighted by molar-refractivity contribution is 5.88. The molecular formula is C12H17FN2O3. The zero-order valence-electron chi connectivity index (χ0n) is 10.6. The van der Waals surface area contributed by atoms with Gasteiger partial charge in [-0.15, -0.1) is 0 Å². The van der Waals surface area contributed by atoms with Crippen LogP contribution < -0.4 is 4.90 Å². The number of nitrogens with zero attached hydrogens (tertiary/aromatic N) is 2. The first-order valence-electron chi connectivity index (χ1n) is 5.61. The van der Waals surface area contributed by atoms with Gasteiger partial charge in [0.25, 0.3) is 0 Å². The second kappa shape index (κ2) is 5.30. The Hall–Kier alpha value is -1.69. The lowest BCUT2D eigenvalue weighted by Gasteiger charge is -2.29. The zero-order valence-corrected chi connectivity index (χ0v) is 10.6. The SMILES string of the molecule is CCN(CC(C)(C)O)c1nccc(C(=O)O)c1F. The molecule has 0 saturated heterocycles. The third kappa shape index (κ3) is 3.40. The standard InChI is InChI=1S/C12H17FN2O3/c1-4-15(7-12(2,3)18)10-9(13)8(11(16)17)5-6-14-10/h5-6,18H,4,7H2,1-3H3,(H,16,17). The molecular weight excluding hydrogens is 239 g/mol. The summed E-state index contributed by atoms with van der Waals surface area (Å²) in [4.78, 5) is 16.2. The highest BCUT2D eigenvalue weighted by Crippen LogP contribution is 2.21. The third-order valence-electron chi connectivity index (χ3n) is 2.36. The van der Waals surface area contributed by atoms with Crippen LogP contribution >= 0.6 is 0 Å². The smallest absolute Gasteiger partial charge is 0.338 e. The first-order valence-corrected chi connectivity index (χ1v) is 5.61. The van der Waals surface area contributed by atoms with E-state index in [0.717, 1.165) is 6.07 Å². The Morgan fingerprint density at radius 3 is 2.61 bits per heavy atom. The molecule has 1 aromatic rings. The number of aromatic carboxylic acids is 1. The van der Waals surface area contributed by atoms with E-state index in [1.165, 1.54) is 11.1 Å². The summed E-state index contributed by atoms with van der Waals surface area (Å²) in [5, 5.41) is 18.6. The van der Waals surface area contributed by atoms with Crippen LogP contribution in [0.15, 0.2) is 12.3 Å². The van der Waals surface area contributed by atoms with Crippen molar-refractivity contribution in [3.05, 3.63) is 23.6 Å². The van der Waals surface area contributed by atoms with Crippen molar-refractivity contribution in [2.24, 2.45) is 0 Å². The maximum Gasteiger partial charge on any atom is 0.338 e. The number of hydrogen-bond acceptors (Lipinski definition) is 4. The Labute approximate surface area is 105 Å². The molecule has 0 saturated carbocycles. The second-order valence-corrected chi connectivity index (χ2v) is 4.63. The fourth-order valence-electron chi connectivity index (χ4n) is 1.62. The number of aliphatic hydroxyl groups is 1. The van der Waals surface area contributed by atoms with Crippen LogP contribution in [0.4, 0.5) is 10.2 Å². The monoisotopic (exact) mass is 256 g/mol. The van der Waals surface area contributed by atoms with Crippen molar-refractivity contribution < 1.29 is 19.4 Å². The number of pyridine rings is 1. The lowest BCUT2D eigenvalue weighted by Crippen LogP contribution is -2.39. The normalized spacial score (nSPS) is 11.4. The average Bonchev–Trinajstić information content (AvgIpc) is 2.25. The lowest BCUT2D eigenvalue weighted by atomic mass is 10.1. The Kier molecular flexibility index (Phi) is 4.24. The van der Waals surface area contributed by atoms with Crippen molar-refractivity contribution in [1.29, 1.82) is 0 Å². The Bertz CT molecular complexity index is 443. The first kappa shape index (κ1) is 14.4. The summed E-state index contributed by atoms with van der Waals surface area (Å²) >= 11 is 0. The summed E-state index contributed by atoms with van der Waals surface area (Å²) in [6.45, 7) is 5.54. The topological polar surface area (TPSA) is 73.7 Å². The number of carboxylic acids is 1. The van der Waals surface area contributed by atoms with Crippen molar-refractivity contribution in [3.8, 4) is 0 Å². The van der Waals surface area contributed by atoms with Gasteiger partial charge in [-0.05, 0) is 26.8 Å². The van der Waals surface area contributed by atoms with E-state index in [1.54, 1.807) is 20.8 Å². The van der Waals surface area contributed by atoms with E-state index in [-0.39, 0.29) is 12.4 Å². The van der Waals surface area contributed by atoms with Gasteiger partial charge in [-0.25, -0.2) is 14.2 Å². The number of carbonyl (C=O) groups is 1. The second-order valence-electron chi connectivity index (χ2n) is 4.63. The molecule has 1 rings (SSSR count). The molecule has 2 N–H and O–H groups in total. The number of likely N-dealkylation sites (N-methyl/N-ethyl adjacent to an activating group) is 1. The average molecular weight is 256 g/mol. The number of halogens is 1. The molecule has 0 spiro atoms. The van der Waals surface area contributed by atoms with Crippen LogP contribution in [0.2, 0.25) is 0 Å². The van der Waals surface area contributed by atoms with E-state index in [1.807, 2.05) is 0 Å². The van der Waals surface area contributed by atoms with Crippen LogP contribution in [0.3, 0.4) is 0 Å². The van der Waals surface area contributed by atoms with E-state index >= 15 is 0 Å². The summed E-state index contributed by atoms with van der Waals surface area (Å²) in [7, 11) is 0. The Balaban J connectivity index is 3.14. The van der Waals surface area contributed by atoms with Gasteiger partial charge in [0.05, 0.1) is 5.60 Å². The minimum absolute atomic E-state index is 0.0560. The van der Waals surface area contributed by atoms with Gasteiger partial charge in [0.15, 0.2) is 11.6 Å². The van der Waals surface area contributed by atoms with Gasteiger partial charge in [0.2, 0.25) is 0 Å². The van der Waals surface area contributed by atoms with Crippen LogP contribution in [0.1, 0.15) is 31.1 Å². The first-order chi connectivity index (χ1) is 8.26. The predicted octanol–water partition coefficient (Wildman–Crippen LogP) is 1.52. The van der Waals surface area contributed by atoms with Gasteiger partial charge in [-0.3, -0.25) is 0 Å². The summed E-state index contributed by atoms with van der Waals surface area (Å²) in [5.41, 5.74) is -1.45. The zero-order chi connectivity index (χ0) is 13.9. The minimum Gasteiger partial charge on any atom is -0.478 e. The summed E-state index contributed by atoms with van der Waals surface area (Å²) in [6.07, 6.45) is 1.24. The van der Waals surface area contributed by atoms with Gasteiger partial charge in [-0.1, -0.05) is 0 Å². The molecule has 100 valence electrons. The molecule has 0 amide bonds. The van der Waals surface area contributed by atoms with E-state index in [0.29, 0.717) is 6.54 Å². The lowest BCUT2D eigenvalue weighted by molar-refractivity contribution is 0.0691. The molecule has 0 aromatic carbocycles. The fraction of sp³-hybridized carbons (Fsp3) is 0.500. The van der Waals surface area contributed by atoms with Crippen molar-refractivity contribution in [3.63, 3.8) is 0 Å². The molecule has 0 aliphatic carbocycles. The molecule has 5 nitrogen and oxygen atoms in total. The van der Waals surface area contributed by atoms with Crippen molar-refractivity contribution in [1.82, 2.24) is 4.98 Å². The van der Waals surface area contributed by atoms with Gasteiger partial charge in [-0.2, -0.15) is 0 Å². The molecule has 1 aromatic heterocycles. The number of aromatic nitrogens is 1. The summed E-state index contributed by atoms with van der Waals surface area (Å²) < 4.78 is 14.0. The Morgan fingerprint density at radius 1 is 1.56 bits per heavy atom. The molecule has 0 aliphatic heterocycles. The molecule has 0 radical (unpaired) electrons. The van der Waals surface area contributed by atoms with Crippen molar-refractivity contribution in [2.45, 2.75) is 26.4 Å². The van der Waals surface area contributed by atoms with E-state index in [2.05, 4.69) is 4.98 Å². The van der Waals surface area contributed by atoms with Crippen molar-refractivity contribution in [2.75, 3.05) is 18.0 Å². The Morgan fingerprint density at radius 2 is 2.17 bits per heavy atom. The fourth-order valence-corrected chi connectivity index (χ4v) is 1.62. The predicted molar refractivity (Wildman–Crippen MR) is 65.3 cm³/mol. The summed E-state index contributed by atoms with van der Waals surface area (Å²) in [6, 6.07) is 1.11. The molecule has 0 unspecified atom stereocenters. The van der Waals surface area contributed by atoms with Crippen molar-refractivity contribution >= 4 is 11.8 Å². The highest BCUT2D eigenvalue weighted by Gasteiger charge is 2.23. The largest absolute Gasteiger partial charge is 0.478 e. The quantitative estimate of drug-likeness (QED) is 0.835. The van der Waals surface area contributed by atoms with Crippen LogP contribution in [-0.2, 0) is 0 Å².